The van der Waals surface area contributed by atoms with E-state index < -0.39 is 8.07 Å². The van der Waals surface area contributed by atoms with Crippen LogP contribution in [0.5, 0.6) is 0 Å². The standard InChI is InChI=1S/C55H41FN2Si/c1-40-22-28-44(29-23-40)57(45-30-24-42(25-31-45)41-14-6-2-7-15-41)47-34-36-54-52(38-47)53-39-51(35-37-55(53)58(54)46-32-26-43(56)27-33-46)59(48-16-8-3-9-17-48,49-18-10-4-11-19-49)50-20-12-5-13-21-50/h2-39H,1H3. The zero-order chi connectivity index (χ0) is 39.8. The molecule has 1 aromatic heterocycles. The molecule has 10 aromatic rings. The van der Waals surface area contributed by atoms with Crippen LogP contribution < -0.4 is 25.6 Å². The van der Waals surface area contributed by atoms with Gasteiger partial charge < -0.3 is 9.47 Å². The summed E-state index contributed by atoms with van der Waals surface area (Å²) in [5, 5.41) is 7.53. The first-order valence-corrected chi connectivity index (χ1v) is 22.1. The monoisotopic (exact) mass is 776 g/mol. The van der Waals surface area contributed by atoms with Gasteiger partial charge in [0.15, 0.2) is 8.07 Å². The topological polar surface area (TPSA) is 8.17 Å². The molecule has 2 nitrogen and oxygen atoms in total. The number of anilines is 3. The highest BCUT2D eigenvalue weighted by atomic mass is 28.3. The maximum absolute atomic E-state index is 14.4. The molecule has 282 valence electrons. The zero-order valence-corrected chi connectivity index (χ0v) is 33.7. The Labute approximate surface area is 345 Å². The third-order valence-corrected chi connectivity index (χ3v) is 16.4. The average Bonchev–Trinajstić information content (AvgIpc) is 3.62. The average molecular weight is 777 g/mol. The largest absolute Gasteiger partial charge is 0.310 e. The molecule has 0 bridgehead atoms. The first-order chi connectivity index (χ1) is 29.1. The van der Waals surface area contributed by atoms with Gasteiger partial charge in [-0.3, -0.25) is 0 Å². The molecule has 0 saturated carbocycles. The Balaban J connectivity index is 1.24. The van der Waals surface area contributed by atoms with Crippen molar-refractivity contribution in [1.29, 1.82) is 0 Å². The van der Waals surface area contributed by atoms with Crippen molar-refractivity contribution in [2.75, 3.05) is 4.90 Å². The van der Waals surface area contributed by atoms with Gasteiger partial charge in [-0.15, -0.1) is 0 Å². The van der Waals surface area contributed by atoms with Crippen LogP contribution in [0, 0.1) is 12.7 Å². The van der Waals surface area contributed by atoms with Crippen molar-refractivity contribution < 1.29 is 4.39 Å². The molecule has 0 aliphatic rings. The highest BCUT2D eigenvalue weighted by Gasteiger charge is 2.41. The first kappa shape index (κ1) is 36.1. The molecule has 59 heavy (non-hydrogen) atoms. The van der Waals surface area contributed by atoms with Crippen molar-refractivity contribution in [3.8, 4) is 16.8 Å². The van der Waals surface area contributed by atoms with Gasteiger partial charge in [0.2, 0.25) is 0 Å². The summed E-state index contributed by atoms with van der Waals surface area (Å²) in [6, 6.07) is 81.9. The van der Waals surface area contributed by atoms with E-state index in [2.05, 4.69) is 223 Å². The third-order valence-electron chi connectivity index (χ3n) is 11.7. The summed E-state index contributed by atoms with van der Waals surface area (Å²) < 4.78 is 16.7. The Bertz CT molecular complexity index is 2920. The van der Waals surface area contributed by atoms with Crippen LogP contribution in [-0.4, -0.2) is 12.6 Å². The highest BCUT2D eigenvalue weighted by molar-refractivity contribution is 7.20. The van der Waals surface area contributed by atoms with Crippen LogP contribution >= 0.6 is 0 Å². The van der Waals surface area contributed by atoms with Crippen LogP contribution in [0.1, 0.15) is 5.56 Å². The molecule has 1 heterocycles. The molecule has 0 fully saturated rings. The van der Waals surface area contributed by atoms with E-state index in [0.717, 1.165) is 44.6 Å². The molecule has 0 aliphatic carbocycles. The molecule has 9 aromatic carbocycles. The van der Waals surface area contributed by atoms with Crippen LogP contribution in [0.4, 0.5) is 21.5 Å². The number of rotatable bonds is 9. The minimum absolute atomic E-state index is 0.254. The zero-order valence-electron chi connectivity index (χ0n) is 32.7. The number of fused-ring (bicyclic) bond motifs is 3. The second kappa shape index (κ2) is 15.2. The summed E-state index contributed by atoms with van der Waals surface area (Å²) in [5.41, 5.74) is 9.81. The van der Waals surface area contributed by atoms with Gasteiger partial charge in [-0.1, -0.05) is 163 Å². The van der Waals surface area contributed by atoms with Crippen LogP contribution in [0.15, 0.2) is 231 Å². The van der Waals surface area contributed by atoms with E-state index in [9.17, 15) is 4.39 Å². The van der Waals surface area contributed by atoms with Crippen LogP contribution in [0.2, 0.25) is 0 Å². The molecule has 0 saturated heterocycles. The maximum Gasteiger partial charge on any atom is 0.179 e. The van der Waals surface area contributed by atoms with Gasteiger partial charge in [0.25, 0.3) is 0 Å². The predicted molar refractivity (Wildman–Crippen MR) is 249 cm³/mol. The number of benzene rings is 9. The SMILES string of the molecule is Cc1ccc(N(c2ccc(-c3ccccc3)cc2)c2ccc3c(c2)c2cc([Si](c4ccccc4)(c4ccccc4)c4ccccc4)ccc2n3-c2ccc(F)cc2)cc1. The second-order valence-corrected chi connectivity index (χ2v) is 19.0. The fourth-order valence-corrected chi connectivity index (χ4v) is 13.7. The number of hydrogen-bond acceptors (Lipinski definition) is 1. The summed E-state index contributed by atoms with van der Waals surface area (Å²) in [4.78, 5) is 2.34. The van der Waals surface area contributed by atoms with E-state index in [0.29, 0.717) is 0 Å². The molecular weight excluding hydrogens is 736 g/mol. The van der Waals surface area contributed by atoms with Gasteiger partial charge >= 0.3 is 0 Å². The molecule has 0 aliphatic heterocycles. The fraction of sp³-hybridized carbons (Fsp3) is 0.0182. The number of nitrogens with zero attached hydrogens (tertiary/aromatic N) is 2. The lowest BCUT2D eigenvalue weighted by Gasteiger charge is -2.34. The lowest BCUT2D eigenvalue weighted by molar-refractivity contribution is 0.627. The Morgan fingerprint density at radius 3 is 1.37 bits per heavy atom. The molecule has 4 heteroatoms. The maximum atomic E-state index is 14.4. The smallest absolute Gasteiger partial charge is 0.179 e. The molecule has 0 spiro atoms. The van der Waals surface area contributed by atoms with Gasteiger partial charge in [0, 0.05) is 33.5 Å². The van der Waals surface area contributed by atoms with Crippen LogP contribution in [0.3, 0.4) is 0 Å². The molecule has 0 atom stereocenters. The molecule has 0 amide bonds. The van der Waals surface area contributed by atoms with E-state index in [4.69, 9.17) is 0 Å². The Hall–Kier alpha value is -7.27. The van der Waals surface area contributed by atoms with Crippen molar-refractivity contribution in [3.63, 3.8) is 0 Å². The lowest BCUT2D eigenvalue weighted by Crippen LogP contribution is -2.74. The summed E-state index contributed by atoms with van der Waals surface area (Å²) in [6.45, 7) is 2.13. The summed E-state index contributed by atoms with van der Waals surface area (Å²) >= 11 is 0. The van der Waals surface area contributed by atoms with Gasteiger partial charge in [-0.25, -0.2) is 4.39 Å². The van der Waals surface area contributed by atoms with Crippen LogP contribution in [-0.2, 0) is 0 Å². The third kappa shape index (κ3) is 6.44. The normalized spacial score (nSPS) is 11.6. The molecule has 0 unspecified atom stereocenters. The highest BCUT2D eigenvalue weighted by Crippen LogP contribution is 2.40. The molecule has 0 N–H and O–H groups in total. The van der Waals surface area contributed by atoms with Crippen LogP contribution in [0.25, 0.3) is 38.6 Å². The van der Waals surface area contributed by atoms with E-state index in [1.807, 2.05) is 12.1 Å². The number of hydrogen-bond donors (Lipinski definition) is 0. The minimum atomic E-state index is -2.83. The van der Waals surface area contributed by atoms with Gasteiger partial charge in [0.1, 0.15) is 5.82 Å². The summed E-state index contributed by atoms with van der Waals surface area (Å²) in [6.07, 6.45) is 0. The van der Waals surface area contributed by atoms with Crippen molar-refractivity contribution in [1.82, 2.24) is 4.57 Å². The lowest BCUT2D eigenvalue weighted by atomic mass is 10.0. The number of aryl methyl sites for hydroxylation is 1. The summed E-state index contributed by atoms with van der Waals surface area (Å²) in [7, 11) is -2.83. The Morgan fingerprint density at radius 1 is 0.390 bits per heavy atom. The van der Waals surface area contributed by atoms with Gasteiger partial charge in [-0.05, 0) is 112 Å². The van der Waals surface area contributed by atoms with Crippen molar-refractivity contribution in [2.45, 2.75) is 6.92 Å². The van der Waals surface area contributed by atoms with E-state index >= 15 is 0 Å². The van der Waals surface area contributed by atoms with E-state index in [1.54, 1.807) is 12.1 Å². The number of halogens is 1. The predicted octanol–water partition coefficient (Wildman–Crippen LogP) is 11.7. The Morgan fingerprint density at radius 2 is 0.831 bits per heavy atom. The Kier molecular flexibility index (Phi) is 9.32. The fourth-order valence-electron chi connectivity index (χ4n) is 8.89. The minimum Gasteiger partial charge on any atom is -0.310 e. The molecule has 0 radical (unpaired) electrons. The van der Waals surface area contributed by atoms with Gasteiger partial charge in [0.05, 0.1) is 11.0 Å². The van der Waals surface area contributed by atoms with E-state index in [-0.39, 0.29) is 5.82 Å². The molecular formula is C55H41FN2Si. The van der Waals surface area contributed by atoms with E-state index in [1.165, 1.54) is 37.4 Å². The second-order valence-electron chi connectivity index (χ2n) is 15.2. The quantitative estimate of drug-likeness (QED) is 0.105. The first-order valence-electron chi connectivity index (χ1n) is 20.1. The van der Waals surface area contributed by atoms with Crippen molar-refractivity contribution >= 4 is 67.7 Å². The molecule has 10 rings (SSSR count). The number of aromatic nitrogens is 1. The summed E-state index contributed by atoms with van der Waals surface area (Å²) in [5.74, 6) is -0.254. The van der Waals surface area contributed by atoms with Crippen molar-refractivity contribution in [3.05, 3.63) is 242 Å². The van der Waals surface area contributed by atoms with Gasteiger partial charge in [-0.2, -0.15) is 0 Å². The van der Waals surface area contributed by atoms with Crippen molar-refractivity contribution in [2.24, 2.45) is 0 Å².